The van der Waals surface area contributed by atoms with Crippen LogP contribution in [0.3, 0.4) is 0 Å². The van der Waals surface area contributed by atoms with E-state index in [9.17, 15) is 5.26 Å². The van der Waals surface area contributed by atoms with Crippen LogP contribution in [0.15, 0.2) is 35.7 Å². The van der Waals surface area contributed by atoms with Crippen LogP contribution in [-0.4, -0.2) is 16.8 Å². The van der Waals surface area contributed by atoms with Crippen molar-refractivity contribution in [2.75, 3.05) is 6.61 Å². The Morgan fingerprint density at radius 1 is 1.41 bits per heavy atom. The van der Waals surface area contributed by atoms with Crippen molar-refractivity contribution in [1.29, 1.82) is 5.26 Å². The summed E-state index contributed by atoms with van der Waals surface area (Å²) in [5, 5.41) is 16.4. The minimum Gasteiger partial charge on any atom is -0.494 e. The van der Waals surface area contributed by atoms with E-state index in [0.717, 1.165) is 22.6 Å². The molecule has 1 aromatic carbocycles. The van der Waals surface area contributed by atoms with Crippen molar-refractivity contribution in [1.82, 2.24) is 10.2 Å². The standard InChI is InChI=1S/C16H16N4O2/c1-3-21-11-6-4-10(5-7-11)14-12(8-17)15(18)22-16-13(14)9(2)19-20-16/h4-7,14H,3,18H2,1-2H3,(H,19,20). The lowest BCUT2D eigenvalue weighted by Gasteiger charge is -2.23. The van der Waals surface area contributed by atoms with Gasteiger partial charge in [0.05, 0.1) is 12.5 Å². The number of nitriles is 1. The van der Waals surface area contributed by atoms with E-state index in [1.165, 1.54) is 0 Å². The molecule has 1 aromatic heterocycles. The second-order valence-electron chi connectivity index (χ2n) is 4.99. The van der Waals surface area contributed by atoms with E-state index in [1.807, 2.05) is 38.1 Å². The van der Waals surface area contributed by atoms with Crippen LogP contribution in [0.4, 0.5) is 0 Å². The predicted molar refractivity (Wildman–Crippen MR) is 80.2 cm³/mol. The number of rotatable bonds is 3. The first-order valence-electron chi connectivity index (χ1n) is 7.01. The zero-order valence-corrected chi connectivity index (χ0v) is 12.4. The maximum Gasteiger partial charge on any atom is 0.244 e. The molecule has 2 heterocycles. The molecule has 3 N–H and O–H groups in total. The second kappa shape index (κ2) is 5.45. The third-order valence-corrected chi connectivity index (χ3v) is 3.65. The monoisotopic (exact) mass is 296 g/mol. The Hall–Kier alpha value is -2.94. The quantitative estimate of drug-likeness (QED) is 0.906. The van der Waals surface area contributed by atoms with Gasteiger partial charge < -0.3 is 15.2 Å². The van der Waals surface area contributed by atoms with E-state index in [4.69, 9.17) is 15.2 Å². The summed E-state index contributed by atoms with van der Waals surface area (Å²) in [5.74, 6) is 1.02. The van der Waals surface area contributed by atoms with E-state index in [2.05, 4.69) is 16.3 Å². The van der Waals surface area contributed by atoms with Crippen molar-refractivity contribution in [2.45, 2.75) is 19.8 Å². The fourth-order valence-corrected chi connectivity index (χ4v) is 2.66. The van der Waals surface area contributed by atoms with Crippen LogP contribution in [0.1, 0.15) is 29.7 Å². The van der Waals surface area contributed by atoms with Crippen molar-refractivity contribution in [3.63, 3.8) is 0 Å². The van der Waals surface area contributed by atoms with Gasteiger partial charge in [0.1, 0.15) is 17.4 Å². The van der Waals surface area contributed by atoms with Gasteiger partial charge in [-0.3, -0.25) is 5.10 Å². The number of H-pyrrole nitrogens is 1. The van der Waals surface area contributed by atoms with Crippen LogP contribution >= 0.6 is 0 Å². The van der Waals surface area contributed by atoms with Crippen LogP contribution < -0.4 is 15.2 Å². The normalized spacial score (nSPS) is 16.7. The van der Waals surface area contributed by atoms with Crippen molar-refractivity contribution < 1.29 is 9.47 Å². The van der Waals surface area contributed by atoms with Gasteiger partial charge in [0.2, 0.25) is 11.8 Å². The number of benzene rings is 1. The Morgan fingerprint density at radius 3 is 2.77 bits per heavy atom. The number of hydrogen-bond donors (Lipinski definition) is 2. The molecule has 6 heteroatoms. The smallest absolute Gasteiger partial charge is 0.244 e. The van der Waals surface area contributed by atoms with Gasteiger partial charge >= 0.3 is 0 Å². The number of aromatic nitrogens is 2. The molecular formula is C16H16N4O2. The maximum atomic E-state index is 9.46. The molecular weight excluding hydrogens is 280 g/mol. The Bertz CT molecular complexity index is 768. The van der Waals surface area contributed by atoms with E-state index in [0.29, 0.717) is 18.1 Å². The van der Waals surface area contributed by atoms with Crippen LogP contribution in [0.25, 0.3) is 0 Å². The molecule has 1 aliphatic rings. The SMILES string of the molecule is CCOc1ccc(C2C(C#N)=C(N)Oc3n[nH]c(C)c32)cc1. The molecule has 112 valence electrons. The molecule has 0 spiro atoms. The van der Waals surface area contributed by atoms with Crippen molar-refractivity contribution in [2.24, 2.45) is 5.73 Å². The number of ether oxygens (including phenoxy) is 2. The minimum absolute atomic E-state index is 0.0976. The molecule has 0 saturated heterocycles. The average molecular weight is 296 g/mol. The first kappa shape index (κ1) is 14.0. The third kappa shape index (κ3) is 2.17. The largest absolute Gasteiger partial charge is 0.494 e. The lowest BCUT2D eigenvalue weighted by atomic mass is 9.84. The lowest BCUT2D eigenvalue weighted by molar-refractivity contribution is 0.340. The molecule has 22 heavy (non-hydrogen) atoms. The number of nitrogens with zero attached hydrogens (tertiary/aromatic N) is 2. The summed E-state index contributed by atoms with van der Waals surface area (Å²) in [6.45, 7) is 4.44. The highest BCUT2D eigenvalue weighted by Crippen LogP contribution is 2.42. The number of aromatic amines is 1. The lowest BCUT2D eigenvalue weighted by Crippen LogP contribution is -2.21. The Kier molecular flexibility index (Phi) is 3.47. The van der Waals surface area contributed by atoms with Gasteiger partial charge in [0.15, 0.2) is 0 Å². The van der Waals surface area contributed by atoms with E-state index >= 15 is 0 Å². The fourth-order valence-electron chi connectivity index (χ4n) is 2.66. The van der Waals surface area contributed by atoms with Gasteiger partial charge in [0, 0.05) is 11.3 Å². The fraction of sp³-hybridized carbons (Fsp3) is 0.250. The number of aryl methyl sites for hydroxylation is 1. The summed E-state index contributed by atoms with van der Waals surface area (Å²) in [4.78, 5) is 0. The van der Waals surface area contributed by atoms with Crippen molar-refractivity contribution in [3.05, 3.63) is 52.5 Å². The molecule has 1 aliphatic heterocycles. The van der Waals surface area contributed by atoms with E-state index in [1.54, 1.807) is 0 Å². The minimum atomic E-state index is -0.289. The molecule has 0 saturated carbocycles. The number of nitrogens with one attached hydrogen (secondary N) is 1. The third-order valence-electron chi connectivity index (χ3n) is 3.65. The highest BCUT2D eigenvalue weighted by atomic mass is 16.5. The van der Waals surface area contributed by atoms with Gasteiger partial charge in [-0.05, 0) is 31.5 Å². The van der Waals surface area contributed by atoms with Crippen molar-refractivity contribution in [3.8, 4) is 17.7 Å². The molecule has 1 atom stereocenters. The summed E-state index contributed by atoms with van der Waals surface area (Å²) in [6.07, 6.45) is 0. The van der Waals surface area contributed by atoms with Crippen LogP contribution in [0, 0.1) is 18.3 Å². The van der Waals surface area contributed by atoms with Crippen LogP contribution in [0.5, 0.6) is 11.6 Å². The van der Waals surface area contributed by atoms with Gasteiger partial charge in [-0.1, -0.05) is 12.1 Å². The number of hydrogen-bond acceptors (Lipinski definition) is 5. The number of nitrogens with two attached hydrogens (primary N) is 1. The summed E-state index contributed by atoms with van der Waals surface area (Å²) >= 11 is 0. The highest BCUT2D eigenvalue weighted by molar-refractivity contribution is 5.55. The highest BCUT2D eigenvalue weighted by Gasteiger charge is 2.34. The predicted octanol–water partition coefficient (Wildman–Crippen LogP) is 2.33. The molecule has 0 radical (unpaired) electrons. The first-order valence-corrected chi connectivity index (χ1v) is 7.01. The Labute approximate surface area is 128 Å². The summed E-state index contributed by atoms with van der Waals surface area (Å²) in [7, 11) is 0. The van der Waals surface area contributed by atoms with Gasteiger partial charge in [-0.15, -0.1) is 5.10 Å². The zero-order chi connectivity index (χ0) is 15.7. The van der Waals surface area contributed by atoms with Gasteiger partial charge in [-0.2, -0.15) is 5.26 Å². The molecule has 2 aromatic rings. The maximum absolute atomic E-state index is 9.46. The van der Waals surface area contributed by atoms with Crippen LogP contribution in [-0.2, 0) is 0 Å². The Morgan fingerprint density at radius 2 is 2.14 bits per heavy atom. The zero-order valence-electron chi connectivity index (χ0n) is 12.4. The molecule has 0 amide bonds. The Balaban J connectivity index is 2.10. The van der Waals surface area contributed by atoms with E-state index in [-0.39, 0.29) is 11.8 Å². The average Bonchev–Trinajstić information content (AvgIpc) is 2.88. The van der Waals surface area contributed by atoms with E-state index < -0.39 is 0 Å². The molecule has 0 fully saturated rings. The van der Waals surface area contributed by atoms with Crippen LogP contribution in [0.2, 0.25) is 0 Å². The van der Waals surface area contributed by atoms with Gasteiger partial charge in [0.25, 0.3) is 0 Å². The first-order chi connectivity index (χ1) is 10.7. The molecule has 0 aliphatic carbocycles. The molecule has 6 nitrogen and oxygen atoms in total. The summed E-state index contributed by atoms with van der Waals surface area (Å²) in [6, 6.07) is 9.79. The summed E-state index contributed by atoms with van der Waals surface area (Å²) < 4.78 is 10.9. The second-order valence-corrected chi connectivity index (χ2v) is 4.99. The number of allylic oxidation sites excluding steroid dienone is 1. The van der Waals surface area contributed by atoms with Crippen molar-refractivity contribution >= 4 is 0 Å². The number of fused-ring (bicyclic) bond motifs is 1. The summed E-state index contributed by atoms with van der Waals surface area (Å²) in [5.41, 5.74) is 8.91. The molecule has 3 rings (SSSR count). The van der Waals surface area contributed by atoms with Gasteiger partial charge in [-0.25, -0.2) is 0 Å². The molecule has 0 bridgehead atoms. The topological polar surface area (TPSA) is 96.9 Å². The molecule has 1 unspecified atom stereocenters.